The van der Waals surface area contributed by atoms with Gasteiger partial charge in [-0.1, -0.05) is 24.3 Å². The molecule has 0 unspecified atom stereocenters. The molecule has 0 saturated carbocycles. The van der Waals surface area contributed by atoms with Crippen LogP contribution in [-0.2, 0) is 19.1 Å². The van der Waals surface area contributed by atoms with Crippen LogP contribution >= 0.6 is 0 Å². The number of aliphatic hydroxyl groups is 1. The summed E-state index contributed by atoms with van der Waals surface area (Å²) in [5, 5.41) is 10.2. The zero-order valence-electron chi connectivity index (χ0n) is 15.2. The summed E-state index contributed by atoms with van der Waals surface area (Å²) >= 11 is 0. The number of aliphatic hydroxyl groups excluding tert-OH is 1. The summed E-state index contributed by atoms with van der Waals surface area (Å²) in [5.41, 5.74) is 2.51. The van der Waals surface area contributed by atoms with Gasteiger partial charge >= 0.3 is 11.9 Å². The van der Waals surface area contributed by atoms with E-state index in [0.29, 0.717) is 24.0 Å². The number of carbonyl (C=O) groups is 2. The number of carbonyl (C=O) groups excluding carboxylic acids is 2. The number of allylic oxidation sites excluding steroid dienone is 1. The van der Waals surface area contributed by atoms with Gasteiger partial charge in [-0.3, -0.25) is 0 Å². The molecular formula is C20H26O5. The van der Waals surface area contributed by atoms with Crippen molar-refractivity contribution >= 4 is 11.9 Å². The van der Waals surface area contributed by atoms with Crippen molar-refractivity contribution in [2.24, 2.45) is 5.92 Å². The third-order valence-corrected chi connectivity index (χ3v) is 4.84. The predicted octanol–water partition coefficient (Wildman–Crippen LogP) is 3.01. The Balaban J connectivity index is 2.42. The molecule has 0 aromatic heterocycles. The molecule has 25 heavy (non-hydrogen) atoms. The number of fused-ring (bicyclic) bond motifs is 1. The van der Waals surface area contributed by atoms with E-state index in [1.807, 2.05) is 13.0 Å². The molecule has 0 spiro atoms. The van der Waals surface area contributed by atoms with Crippen LogP contribution in [0.3, 0.4) is 0 Å². The van der Waals surface area contributed by atoms with E-state index in [-0.39, 0.29) is 0 Å². The lowest BCUT2D eigenvalue weighted by Gasteiger charge is -2.28. The van der Waals surface area contributed by atoms with Crippen molar-refractivity contribution in [1.82, 2.24) is 0 Å². The normalized spacial score (nSPS) is 35.0. The number of esters is 2. The second kappa shape index (κ2) is 7.83. The van der Waals surface area contributed by atoms with Crippen molar-refractivity contribution in [3.8, 4) is 0 Å². The van der Waals surface area contributed by atoms with Crippen LogP contribution < -0.4 is 0 Å². The molecule has 5 nitrogen and oxygen atoms in total. The Labute approximate surface area is 148 Å². The van der Waals surface area contributed by atoms with Crippen LogP contribution in [0.2, 0.25) is 0 Å². The number of ether oxygens (including phenoxy) is 2. The Hall–Kier alpha value is -2.14. The molecule has 0 bridgehead atoms. The molecule has 2 rings (SSSR count). The van der Waals surface area contributed by atoms with Gasteiger partial charge in [-0.05, 0) is 45.8 Å². The van der Waals surface area contributed by atoms with E-state index in [9.17, 15) is 14.7 Å². The van der Waals surface area contributed by atoms with Gasteiger partial charge in [-0.2, -0.15) is 0 Å². The van der Waals surface area contributed by atoms with E-state index >= 15 is 0 Å². The molecular weight excluding hydrogens is 320 g/mol. The minimum atomic E-state index is -0.632. The fourth-order valence-electron chi connectivity index (χ4n) is 3.04. The topological polar surface area (TPSA) is 72.8 Å². The van der Waals surface area contributed by atoms with E-state index in [1.54, 1.807) is 32.9 Å². The third kappa shape index (κ3) is 4.28. The summed E-state index contributed by atoms with van der Waals surface area (Å²) in [6.45, 7) is 11.0. The number of rotatable bonds is 2. The average Bonchev–Trinajstić information content (AvgIpc) is 2.84. The molecule has 0 radical (unpaired) electrons. The van der Waals surface area contributed by atoms with Gasteiger partial charge in [-0.25, -0.2) is 9.59 Å². The maximum Gasteiger partial charge on any atom is 0.334 e. The van der Waals surface area contributed by atoms with Crippen LogP contribution in [0.5, 0.6) is 0 Å². The van der Waals surface area contributed by atoms with Crippen LogP contribution in [0.4, 0.5) is 0 Å². The highest BCUT2D eigenvalue weighted by Crippen LogP contribution is 2.36. The SMILES string of the molecule is C=C1C(=O)O[C@H]2/C=C(/C)[C@@H](O)C/C=C(\C)C[C@H](OC(=O)/C(C)=C/C)[C@@H]12. The lowest BCUT2D eigenvalue weighted by molar-refractivity contribution is -0.147. The average molecular weight is 346 g/mol. The van der Waals surface area contributed by atoms with Crippen molar-refractivity contribution in [3.05, 3.63) is 47.1 Å². The van der Waals surface area contributed by atoms with Gasteiger partial charge in [0.15, 0.2) is 0 Å². The molecule has 1 aliphatic carbocycles. The van der Waals surface area contributed by atoms with Gasteiger partial charge in [0, 0.05) is 17.6 Å². The maximum absolute atomic E-state index is 12.3. The second-order valence-corrected chi connectivity index (χ2v) is 6.75. The Bertz CT molecular complexity index is 668. The van der Waals surface area contributed by atoms with Gasteiger partial charge in [0.1, 0.15) is 12.2 Å². The third-order valence-electron chi connectivity index (χ3n) is 4.84. The Kier molecular flexibility index (Phi) is 6.01. The molecule has 4 atom stereocenters. The largest absolute Gasteiger partial charge is 0.458 e. The first-order valence-electron chi connectivity index (χ1n) is 8.50. The van der Waals surface area contributed by atoms with Crippen LogP contribution in [0.1, 0.15) is 40.5 Å². The molecule has 1 aliphatic heterocycles. The van der Waals surface area contributed by atoms with Crippen molar-refractivity contribution in [2.45, 2.75) is 58.8 Å². The highest BCUT2D eigenvalue weighted by Gasteiger charge is 2.44. The Morgan fingerprint density at radius 2 is 2.12 bits per heavy atom. The summed E-state index contributed by atoms with van der Waals surface area (Å²) in [6.07, 6.45) is 4.51. The molecule has 1 N–H and O–H groups in total. The van der Waals surface area contributed by atoms with Crippen molar-refractivity contribution < 1.29 is 24.2 Å². The monoisotopic (exact) mass is 346 g/mol. The molecule has 1 saturated heterocycles. The van der Waals surface area contributed by atoms with E-state index in [4.69, 9.17) is 9.47 Å². The van der Waals surface area contributed by atoms with Crippen LogP contribution in [0.15, 0.2) is 47.1 Å². The Morgan fingerprint density at radius 1 is 1.44 bits per heavy atom. The highest BCUT2D eigenvalue weighted by molar-refractivity contribution is 5.92. The van der Waals surface area contributed by atoms with E-state index in [1.165, 1.54) is 0 Å². The first-order chi connectivity index (χ1) is 11.7. The lowest BCUT2D eigenvalue weighted by Crippen LogP contribution is -2.34. The van der Waals surface area contributed by atoms with E-state index < -0.39 is 36.2 Å². The van der Waals surface area contributed by atoms with Gasteiger partial charge < -0.3 is 14.6 Å². The van der Waals surface area contributed by atoms with Gasteiger partial charge in [-0.15, -0.1) is 0 Å². The molecule has 0 amide bonds. The minimum absolute atomic E-state index is 0.299. The molecule has 5 heteroatoms. The van der Waals surface area contributed by atoms with E-state index in [0.717, 1.165) is 11.1 Å². The van der Waals surface area contributed by atoms with Crippen LogP contribution in [0, 0.1) is 5.92 Å². The zero-order valence-corrected chi connectivity index (χ0v) is 15.2. The molecule has 1 fully saturated rings. The molecule has 0 aromatic carbocycles. The summed E-state index contributed by atoms with van der Waals surface area (Å²) in [4.78, 5) is 24.3. The maximum atomic E-state index is 12.3. The van der Waals surface area contributed by atoms with Gasteiger partial charge in [0.25, 0.3) is 0 Å². The second-order valence-electron chi connectivity index (χ2n) is 6.75. The fraction of sp³-hybridized carbons (Fsp3) is 0.500. The molecule has 2 aliphatic rings. The quantitative estimate of drug-likeness (QED) is 0.473. The van der Waals surface area contributed by atoms with Crippen molar-refractivity contribution in [3.63, 3.8) is 0 Å². The minimum Gasteiger partial charge on any atom is -0.458 e. The van der Waals surface area contributed by atoms with Gasteiger partial charge in [0.05, 0.1) is 12.0 Å². The molecule has 0 aromatic rings. The van der Waals surface area contributed by atoms with Crippen molar-refractivity contribution in [2.75, 3.05) is 0 Å². The first kappa shape index (κ1) is 19.2. The first-order valence-corrected chi connectivity index (χ1v) is 8.50. The zero-order chi connectivity index (χ0) is 18.7. The summed E-state index contributed by atoms with van der Waals surface area (Å²) in [5.74, 6) is -1.37. The number of hydrogen-bond donors (Lipinski definition) is 1. The molecule has 1 heterocycles. The van der Waals surface area contributed by atoms with Crippen molar-refractivity contribution in [1.29, 1.82) is 0 Å². The highest BCUT2D eigenvalue weighted by atomic mass is 16.6. The fourth-order valence-corrected chi connectivity index (χ4v) is 3.04. The standard InChI is InChI=1S/C20H26O5/c1-6-12(3)19(22)24-16-9-11(2)7-8-15(21)13(4)10-17-18(16)14(5)20(23)25-17/h6-7,10,15-18,21H,5,8-9H2,1-4H3/b11-7+,12-6+,13-10-/t15-,16-,17-,18+/m0/s1. The lowest BCUT2D eigenvalue weighted by atomic mass is 9.85. The summed E-state index contributed by atoms with van der Waals surface area (Å²) < 4.78 is 11.1. The van der Waals surface area contributed by atoms with Gasteiger partial charge in [0.2, 0.25) is 0 Å². The summed E-state index contributed by atoms with van der Waals surface area (Å²) in [6, 6.07) is 0. The summed E-state index contributed by atoms with van der Waals surface area (Å²) in [7, 11) is 0. The number of hydrogen-bond acceptors (Lipinski definition) is 5. The Morgan fingerprint density at radius 3 is 2.76 bits per heavy atom. The van der Waals surface area contributed by atoms with Crippen LogP contribution in [-0.4, -0.2) is 35.4 Å². The smallest absolute Gasteiger partial charge is 0.334 e. The van der Waals surface area contributed by atoms with E-state index in [2.05, 4.69) is 6.58 Å². The predicted molar refractivity (Wildman–Crippen MR) is 94.6 cm³/mol. The van der Waals surface area contributed by atoms with Crippen LogP contribution in [0.25, 0.3) is 0 Å². The molecule has 136 valence electrons.